The molecule has 0 bridgehead atoms. The van der Waals surface area contributed by atoms with E-state index in [1.54, 1.807) is 0 Å². The van der Waals surface area contributed by atoms with Gasteiger partial charge in [-0.1, -0.05) is 158 Å². The Morgan fingerprint density at radius 1 is 0.689 bits per heavy atom. The Labute approximate surface area is 358 Å². The summed E-state index contributed by atoms with van der Waals surface area (Å²) in [5.74, 6) is 0.979. The Morgan fingerprint density at radius 3 is 2.31 bits per heavy atom. The molecule has 0 saturated carbocycles. The fourth-order valence-electron chi connectivity index (χ4n) is 10.2. The van der Waals surface area contributed by atoms with E-state index in [-0.39, 0.29) is 17.9 Å². The lowest BCUT2D eigenvalue weighted by atomic mass is 9.80. The first-order valence-electron chi connectivity index (χ1n) is 21.7. The Morgan fingerprint density at radius 2 is 1.46 bits per heavy atom. The molecule has 2 N–H and O–H groups in total. The third kappa shape index (κ3) is 6.60. The van der Waals surface area contributed by atoms with Crippen molar-refractivity contribution in [2.45, 2.75) is 44.1 Å². The molecule has 5 aromatic carbocycles. The highest BCUT2D eigenvalue weighted by Gasteiger charge is 2.41. The van der Waals surface area contributed by atoms with E-state index < -0.39 is 0 Å². The number of hydrogen-bond donors (Lipinski definition) is 1. The first-order valence-corrected chi connectivity index (χ1v) is 21.7. The smallest absolute Gasteiger partial charge is 0.201 e. The summed E-state index contributed by atoms with van der Waals surface area (Å²) in [6.07, 6.45) is 30.6. The quantitative estimate of drug-likeness (QED) is 0.129. The van der Waals surface area contributed by atoms with Crippen LogP contribution in [0.5, 0.6) is 0 Å². The molecular formula is C57H48N4. The second-order valence-electron chi connectivity index (χ2n) is 16.7. The first-order chi connectivity index (χ1) is 30.1. The fourth-order valence-corrected chi connectivity index (χ4v) is 10.2. The molecule has 11 rings (SSSR count). The number of fused-ring (bicyclic) bond motifs is 5. The van der Waals surface area contributed by atoms with E-state index in [9.17, 15) is 0 Å². The number of hydrogen-bond acceptors (Lipinski definition) is 1. The Balaban J connectivity index is 0.881. The molecule has 61 heavy (non-hydrogen) atoms. The maximum absolute atomic E-state index is 7.13. The molecule has 4 nitrogen and oxygen atoms in total. The monoisotopic (exact) mass is 788 g/mol. The van der Waals surface area contributed by atoms with Crippen LogP contribution in [0.3, 0.4) is 0 Å². The van der Waals surface area contributed by atoms with Crippen LogP contribution in [0.25, 0.3) is 50.5 Å². The number of para-hydroxylation sites is 1. The number of aliphatic imine (C=N–C) groups is 1. The topological polar surface area (TPSA) is 46.5 Å². The SMILES string of the molecule is C=C(c1cccc(-c2ccc(-c3ccccc3)cc2)c1)c1ccccc1N=C(N)N1C2=C(CC(c3ccc4c(c3)c3c(n4C4=CCCC=C4)CCC=C3)C=C2)C2C=CC=CC21. The second-order valence-corrected chi connectivity index (χ2v) is 16.7. The summed E-state index contributed by atoms with van der Waals surface area (Å²) < 4.78 is 2.52. The normalized spacial score (nSPS) is 20.2. The molecule has 4 aliphatic carbocycles. The van der Waals surface area contributed by atoms with Crippen molar-refractivity contribution in [1.29, 1.82) is 0 Å². The maximum atomic E-state index is 7.13. The number of nitrogens with zero attached hydrogens (tertiary/aromatic N) is 3. The third-order valence-electron chi connectivity index (χ3n) is 13.2. The lowest BCUT2D eigenvalue weighted by Crippen LogP contribution is -2.42. The van der Waals surface area contributed by atoms with Gasteiger partial charge in [0.15, 0.2) is 0 Å². The van der Waals surface area contributed by atoms with Gasteiger partial charge in [0.05, 0.1) is 17.2 Å². The predicted octanol–water partition coefficient (Wildman–Crippen LogP) is 13.6. The van der Waals surface area contributed by atoms with Crippen LogP contribution < -0.4 is 5.73 Å². The molecule has 6 aromatic rings. The standard InChI is InChI=1S/C57H48N4/c1-38(42-17-14-18-43(35-42)41-29-27-40(28-30-41)39-15-4-2-5-16-39)47-21-8-11-24-52(47)59-57(58)61-54-26-13-10-23-49(54)51-37-45(32-34-56(51)61)44-31-33-55-50(36-44)48-22-9-12-25-53(48)60(55)46-19-6-3-7-20-46/h2,4-6,8-11,13-24,26-36,45,49,54H,1,3,7,12,25,37H2,(H2,58,59). The summed E-state index contributed by atoms with van der Waals surface area (Å²) in [7, 11) is 0. The molecule has 4 heteroatoms. The Hall–Kier alpha value is -7.17. The molecule has 0 spiro atoms. The van der Waals surface area contributed by atoms with E-state index in [0.717, 1.165) is 71.3 Å². The molecule has 0 saturated heterocycles. The fraction of sp³-hybridized carbons (Fsp3) is 0.140. The van der Waals surface area contributed by atoms with Gasteiger partial charge < -0.3 is 15.2 Å². The molecule has 0 radical (unpaired) electrons. The molecule has 0 amide bonds. The molecule has 2 heterocycles. The number of nitrogens with two attached hydrogens (primary N) is 1. The van der Waals surface area contributed by atoms with Crippen molar-refractivity contribution in [3.05, 3.63) is 228 Å². The van der Waals surface area contributed by atoms with Crippen molar-refractivity contribution >= 4 is 39.9 Å². The predicted molar refractivity (Wildman–Crippen MR) is 256 cm³/mol. The highest BCUT2D eigenvalue weighted by atomic mass is 15.3. The van der Waals surface area contributed by atoms with E-state index >= 15 is 0 Å². The zero-order valence-corrected chi connectivity index (χ0v) is 34.3. The molecule has 3 atom stereocenters. The summed E-state index contributed by atoms with van der Waals surface area (Å²) in [4.78, 5) is 7.45. The van der Waals surface area contributed by atoms with Crippen LogP contribution in [0.1, 0.15) is 59.5 Å². The largest absolute Gasteiger partial charge is 0.369 e. The lowest BCUT2D eigenvalue weighted by molar-refractivity contribution is 0.434. The summed E-state index contributed by atoms with van der Waals surface area (Å²) in [6.45, 7) is 4.61. The minimum absolute atomic E-state index is 0.0629. The average Bonchev–Trinajstić information content (AvgIpc) is 3.84. The van der Waals surface area contributed by atoms with Crippen LogP contribution in [-0.2, 0) is 6.42 Å². The number of allylic oxidation sites excluding steroid dienone is 9. The van der Waals surface area contributed by atoms with Gasteiger partial charge >= 0.3 is 0 Å². The van der Waals surface area contributed by atoms with Crippen molar-refractivity contribution in [2.75, 3.05) is 0 Å². The zero-order chi connectivity index (χ0) is 40.9. The van der Waals surface area contributed by atoms with Gasteiger partial charge in [-0.3, -0.25) is 0 Å². The summed E-state index contributed by atoms with van der Waals surface area (Å²) >= 11 is 0. The number of benzene rings is 5. The highest BCUT2D eigenvalue weighted by Crippen LogP contribution is 2.47. The Kier molecular flexibility index (Phi) is 9.34. The van der Waals surface area contributed by atoms with E-state index in [1.807, 2.05) is 12.1 Å². The number of rotatable bonds is 7. The van der Waals surface area contributed by atoms with Gasteiger partial charge in [0, 0.05) is 45.4 Å². The number of guanidine groups is 1. The molecule has 5 aliphatic rings. The van der Waals surface area contributed by atoms with Crippen molar-refractivity contribution in [3.63, 3.8) is 0 Å². The van der Waals surface area contributed by atoms with Gasteiger partial charge in [0.2, 0.25) is 5.96 Å². The van der Waals surface area contributed by atoms with Crippen LogP contribution in [0, 0.1) is 5.92 Å². The zero-order valence-electron chi connectivity index (χ0n) is 34.3. The van der Waals surface area contributed by atoms with Gasteiger partial charge in [0.25, 0.3) is 0 Å². The van der Waals surface area contributed by atoms with E-state index in [4.69, 9.17) is 10.7 Å². The van der Waals surface area contributed by atoms with Crippen LogP contribution in [0.15, 0.2) is 205 Å². The average molecular weight is 789 g/mol. The van der Waals surface area contributed by atoms with Gasteiger partial charge in [-0.2, -0.15) is 0 Å². The van der Waals surface area contributed by atoms with E-state index in [2.05, 4.69) is 192 Å². The van der Waals surface area contributed by atoms with Crippen molar-refractivity contribution in [2.24, 2.45) is 16.6 Å². The summed E-state index contributed by atoms with van der Waals surface area (Å²) in [5, 5.41) is 1.35. The first kappa shape index (κ1) is 36.9. The van der Waals surface area contributed by atoms with Gasteiger partial charge in [-0.05, 0) is 113 Å². The molecule has 1 aromatic heterocycles. The minimum Gasteiger partial charge on any atom is -0.369 e. The van der Waals surface area contributed by atoms with Crippen LogP contribution >= 0.6 is 0 Å². The second kappa shape index (κ2) is 15.5. The van der Waals surface area contributed by atoms with E-state index in [1.165, 1.54) is 50.1 Å². The summed E-state index contributed by atoms with van der Waals surface area (Å²) in [5.41, 5.74) is 24.9. The van der Waals surface area contributed by atoms with Gasteiger partial charge in [0.1, 0.15) is 0 Å². The molecule has 1 aliphatic heterocycles. The van der Waals surface area contributed by atoms with Crippen LogP contribution in [0.4, 0.5) is 5.69 Å². The summed E-state index contributed by atoms with van der Waals surface area (Å²) in [6, 6.07) is 43.4. The third-order valence-corrected chi connectivity index (χ3v) is 13.2. The molecule has 0 fully saturated rings. The van der Waals surface area contributed by atoms with Crippen molar-refractivity contribution in [1.82, 2.24) is 9.47 Å². The van der Waals surface area contributed by atoms with Crippen LogP contribution in [-0.4, -0.2) is 21.5 Å². The Bertz CT molecular complexity index is 2980. The minimum atomic E-state index is 0.0629. The molecule has 296 valence electrons. The van der Waals surface area contributed by atoms with Crippen molar-refractivity contribution in [3.8, 4) is 22.3 Å². The molecule has 3 unspecified atom stereocenters. The van der Waals surface area contributed by atoms with Gasteiger partial charge in [-0.25, -0.2) is 4.99 Å². The maximum Gasteiger partial charge on any atom is 0.201 e. The lowest BCUT2D eigenvalue weighted by Gasteiger charge is -2.29. The highest BCUT2D eigenvalue weighted by molar-refractivity contribution is 5.96. The van der Waals surface area contributed by atoms with E-state index in [0.29, 0.717) is 5.96 Å². The number of aromatic nitrogens is 1. The van der Waals surface area contributed by atoms with Gasteiger partial charge in [-0.15, -0.1) is 0 Å². The van der Waals surface area contributed by atoms with Crippen LogP contribution in [0.2, 0.25) is 0 Å². The van der Waals surface area contributed by atoms with Crippen molar-refractivity contribution < 1.29 is 0 Å². The molecular weight excluding hydrogens is 741 g/mol.